The number of aliphatic hydroxyl groups is 1. The van der Waals surface area contributed by atoms with E-state index in [1.54, 1.807) is 6.92 Å². The molecule has 1 unspecified atom stereocenters. The Hall–Kier alpha value is -2.02. The van der Waals surface area contributed by atoms with Crippen LogP contribution in [0.15, 0.2) is 12.1 Å². The molecule has 0 bridgehead atoms. The number of nitrogens with zero attached hydrogens (tertiary/aromatic N) is 3. The van der Waals surface area contributed by atoms with Crippen LogP contribution in [0.25, 0.3) is 11.0 Å². The molecule has 0 radical (unpaired) electrons. The van der Waals surface area contributed by atoms with Gasteiger partial charge in [-0.2, -0.15) is 0 Å². The quantitative estimate of drug-likeness (QED) is 0.827. The largest absolute Gasteiger partial charge is 0.478 e. The Morgan fingerprint density at radius 1 is 1.59 bits per heavy atom. The number of carbonyl (C=O) groups is 1. The molecule has 90 valence electrons. The van der Waals surface area contributed by atoms with Crippen LogP contribution in [0.1, 0.15) is 23.3 Å². The number of aliphatic hydroxyl groups excluding tert-OH is 1. The van der Waals surface area contributed by atoms with Crippen molar-refractivity contribution in [1.29, 1.82) is 0 Å². The molecule has 0 spiro atoms. The number of carboxylic acid groups (broad SMARTS) is 1. The summed E-state index contributed by atoms with van der Waals surface area (Å²) in [7, 11) is 0. The fourth-order valence-corrected chi connectivity index (χ4v) is 1.53. The van der Waals surface area contributed by atoms with Gasteiger partial charge in [-0.25, -0.2) is 13.9 Å². The molecule has 0 aliphatic heterocycles. The predicted molar refractivity (Wildman–Crippen MR) is 56.2 cm³/mol. The number of hydrogen-bond acceptors (Lipinski definition) is 4. The maximum atomic E-state index is 13.5. The molecular formula is C10H10FN3O3. The number of rotatable bonds is 3. The molecule has 17 heavy (non-hydrogen) atoms. The Morgan fingerprint density at radius 3 is 2.88 bits per heavy atom. The van der Waals surface area contributed by atoms with Crippen LogP contribution in [0.4, 0.5) is 4.39 Å². The van der Waals surface area contributed by atoms with Crippen molar-refractivity contribution in [3.8, 4) is 0 Å². The van der Waals surface area contributed by atoms with Gasteiger partial charge in [-0.05, 0) is 13.0 Å². The zero-order valence-corrected chi connectivity index (χ0v) is 8.96. The molecule has 1 aromatic heterocycles. The number of halogens is 1. The minimum absolute atomic E-state index is 0.166. The van der Waals surface area contributed by atoms with Crippen molar-refractivity contribution in [2.24, 2.45) is 0 Å². The van der Waals surface area contributed by atoms with Gasteiger partial charge in [-0.15, -0.1) is 5.10 Å². The topological polar surface area (TPSA) is 88.2 Å². The summed E-state index contributed by atoms with van der Waals surface area (Å²) in [4.78, 5) is 10.7. The number of aromatic nitrogens is 3. The maximum absolute atomic E-state index is 13.5. The molecular weight excluding hydrogens is 229 g/mol. The van der Waals surface area contributed by atoms with Crippen LogP contribution >= 0.6 is 0 Å². The lowest BCUT2D eigenvalue weighted by atomic mass is 10.2. The third-order valence-corrected chi connectivity index (χ3v) is 2.47. The highest BCUT2D eigenvalue weighted by Crippen LogP contribution is 2.19. The average molecular weight is 239 g/mol. The van der Waals surface area contributed by atoms with Gasteiger partial charge in [0.1, 0.15) is 11.3 Å². The van der Waals surface area contributed by atoms with Gasteiger partial charge in [0.15, 0.2) is 0 Å². The van der Waals surface area contributed by atoms with Gasteiger partial charge < -0.3 is 10.2 Å². The Morgan fingerprint density at radius 2 is 2.29 bits per heavy atom. The molecule has 0 saturated carbocycles. The van der Waals surface area contributed by atoms with E-state index >= 15 is 0 Å². The van der Waals surface area contributed by atoms with Gasteiger partial charge in [0, 0.05) is 6.07 Å². The van der Waals surface area contributed by atoms with E-state index in [-0.39, 0.29) is 18.2 Å². The van der Waals surface area contributed by atoms with Gasteiger partial charge in [-0.1, -0.05) is 5.21 Å². The molecule has 0 aliphatic carbocycles. The summed E-state index contributed by atoms with van der Waals surface area (Å²) < 4.78 is 14.8. The average Bonchev–Trinajstić information content (AvgIpc) is 2.69. The van der Waals surface area contributed by atoms with Crippen LogP contribution in [-0.4, -0.2) is 37.8 Å². The summed E-state index contributed by atoms with van der Waals surface area (Å²) >= 11 is 0. The molecule has 1 heterocycles. The second-order valence-corrected chi connectivity index (χ2v) is 3.69. The molecule has 1 atom stereocenters. The third-order valence-electron chi connectivity index (χ3n) is 2.47. The lowest BCUT2D eigenvalue weighted by Gasteiger charge is -2.08. The van der Waals surface area contributed by atoms with Crippen LogP contribution in [0.5, 0.6) is 0 Å². The molecule has 2 aromatic rings. The summed E-state index contributed by atoms with van der Waals surface area (Å²) in [5.41, 5.74) is 0.194. The van der Waals surface area contributed by atoms with Crippen molar-refractivity contribution in [3.05, 3.63) is 23.5 Å². The molecule has 2 N–H and O–H groups in total. The normalized spacial score (nSPS) is 12.9. The lowest BCUT2D eigenvalue weighted by Crippen LogP contribution is -2.11. The molecule has 2 rings (SSSR count). The van der Waals surface area contributed by atoms with E-state index in [1.807, 2.05) is 0 Å². The predicted octanol–water partition coefficient (Wildman–Crippen LogP) is 0.822. The zero-order valence-electron chi connectivity index (χ0n) is 8.96. The van der Waals surface area contributed by atoms with Crippen molar-refractivity contribution in [1.82, 2.24) is 15.0 Å². The fourth-order valence-electron chi connectivity index (χ4n) is 1.53. The Labute approximate surface area is 95.3 Å². The minimum Gasteiger partial charge on any atom is -0.478 e. The zero-order chi connectivity index (χ0) is 12.6. The van der Waals surface area contributed by atoms with Crippen molar-refractivity contribution in [2.45, 2.75) is 13.0 Å². The third kappa shape index (κ3) is 1.84. The number of carboxylic acids is 1. The highest BCUT2D eigenvalue weighted by molar-refractivity contribution is 5.92. The van der Waals surface area contributed by atoms with Crippen molar-refractivity contribution < 1.29 is 19.4 Å². The molecule has 0 amide bonds. The first kappa shape index (κ1) is 11.5. The first-order chi connectivity index (χ1) is 8.04. The van der Waals surface area contributed by atoms with Crippen LogP contribution < -0.4 is 0 Å². The molecule has 6 nitrogen and oxygen atoms in total. The van der Waals surface area contributed by atoms with E-state index in [2.05, 4.69) is 10.3 Å². The minimum atomic E-state index is -1.35. The van der Waals surface area contributed by atoms with Crippen molar-refractivity contribution in [3.63, 3.8) is 0 Å². The van der Waals surface area contributed by atoms with Crippen LogP contribution in [-0.2, 0) is 0 Å². The summed E-state index contributed by atoms with van der Waals surface area (Å²) in [6.07, 6.45) is 0. The summed E-state index contributed by atoms with van der Waals surface area (Å²) in [5, 5.41) is 25.3. The monoisotopic (exact) mass is 239 g/mol. The van der Waals surface area contributed by atoms with Gasteiger partial charge >= 0.3 is 5.97 Å². The second kappa shape index (κ2) is 4.10. The molecule has 0 aliphatic rings. The van der Waals surface area contributed by atoms with E-state index in [0.29, 0.717) is 5.52 Å². The van der Waals surface area contributed by atoms with Gasteiger partial charge in [0.05, 0.1) is 23.7 Å². The standard InChI is InChI=1S/C10H10FN3O3/c1-5(4-15)14-9-3-7(11)6(10(16)17)2-8(9)12-13-14/h2-3,5,15H,4H2,1H3,(H,16,17). The lowest BCUT2D eigenvalue weighted by molar-refractivity contribution is 0.0692. The fraction of sp³-hybridized carbons (Fsp3) is 0.300. The first-order valence-electron chi connectivity index (χ1n) is 4.93. The van der Waals surface area contributed by atoms with Gasteiger partial charge in [0.2, 0.25) is 0 Å². The van der Waals surface area contributed by atoms with E-state index in [9.17, 15) is 9.18 Å². The van der Waals surface area contributed by atoms with Crippen molar-refractivity contribution >= 4 is 17.0 Å². The second-order valence-electron chi connectivity index (χ2n) is 3.69. The molecule has 0 saturated heterocycles. The summed E-state index contributed by atoms with van der Waals surface area (Å²) in [5.74, 6) is -2.20. The SMILES string of the molecule is CC(CO)n1nnc2cc(C(=O)O)c(F)cc21. The van der Waals surface area contributed by atoms with Crippen molar-refractivity contribution in [2.75, 3.05) is 6.61 Å². The smallest absolute Gasteiger partial charge is 0.338 e. The van der Waals surface area contributed by atoms with Gasteiger partial charge in [-0.3, -0.25) is 0 Å². The van der Waals surface area contributed by atoms with E-state index < -0.39 is 17.3 Å². The van der Waals surface area contributed by atoms with E-state index in [4.69, 9.17) is 10.2 Å². The van der Waals surface area contributed by atoms with Crippen LogP contribution in [0.3, 0.4) is 0 Å². The molecule has 1 aromatic carbocycles. The van der Waals surface area contributed by atoms with Gasteiger partial charge in [0.25, 0.3) is 0 Å². The molecule has 0 fully saturated rings. The highest BCUT2D eigenvalue weighted by Gasteiger charge is 2.17. The van der Waals surface area contributed by atoms with Crippen LogP contribution in [0.2, 0.25) is 0 Å². The summed E-state index contributed by atoms with van der Waals surface area (Å²) in [6, 6.07) is 1.83. The highest BCUT2D eigenvalue weighted by atomic mass is 19.1. The Balaban J connectivity index is 2.64. The number of benzene rings is 1. The number of aromatic carboxylic acids is 1. The first-order valence-corrected chi connectivity index (χ1v) is 4.93. The van der Waals surface area contributed by atoms with Crippen LogP contribution in [0, 0.1) is 5.82 Å². The number of fused-ring (bicyclic) bond motifs is 1. The molecule has 7 heteroatoms. The van der Waals surface area contributed by atoms with E-state index in [0.717, 1.165) is 12.1 Å². The Bertz CT molecular complexity index is 581. The summed E-state index contributed by atoms with van der Waals surface area (Å²) in [6.45, 7) is 1.53. The van der Waals surface area contributed by atoms with E-state index in [1.165, 1.54) is 4.68 Å². The maximum Gasteiger partial charge on any atom is 0.338 e. The Kier molecular flexibility index (Phi) is 2.76. The number of hydrogen-bond donors (Lipinski definition) is 2.